The standard InChI is InChI=1S/C11H10N2O3S/c1-15-8-4-2-3-5-9(8)16-11(14)10-7(12)6-13-17-10/h2-6H,12H2,1H3. The molecular formula is C11H10N2O3S. The summed E-state index contributed by atoms with van der Waals surface area (Å²) in [7, 11) is 1.51. The van der Waals surface area contributed by atoms with Crippen LogP contribution in [0.1, 0.15) is 9.67 Å². The van der Waals surface area contributed by atoms with Crippen molar-refractivity contribution in [2.24, 2.45) is 0 Å². The average Bonchev–Trinajstić information content (AvgIpc) is 2.76. The fourth-order valence-electron chi connectivity index (χ4n) is 1.25. The van der Waals surface area contributed by atoms with E-state index in [9.17, 15) is 4.79 Å². The van der Waals surface area contributed by atoms with Gasteiger partial charge in [0.05, 0.1) is 19.0 Å². The van der Waals surface area contributed by atoms with Gasteiger partial charge >= 0.3 is 5.97 Å². The Balaban J connectivity index is 2.22. The molecule has 1 heterocycles. The van der Waals surface area contributed by atoms with Crippen molar-refractivity contribution >= 4 is 23.2 Å². The van der Waals surface area contributed by atoms with Gasteiger partial charge in [0.25, 0.3) is 0 Å². The van der Waals surface area contributed by atoms with Crippen molar-refractivity contribution in [3.05, 3.63) is 35.3 Å². The van der Waals surface area contributed by atoms with Gasteiger partial charge in [-0.15, -0.1) is 0 Å². The van der Waals surface area contributed by atoms with Gasteiger partial charge in [-0.05, 0) is 23.7 Å². The van der Waals surface area contributed by atoms with E-state index in [4.69, 9.17) is 15.2 Å². The lowest BCUT2D eigenvalue weighted by molar-refractivity contribution is 0.0736. The molecule has 1 aromatic heterocycles. The Morgan fingerprint density at radius 1 is 1.35 bits per heavy atom. The average molecular weight is 250 g/mol. The molecule has 0 aliphatic heterocycles. The first-order valence-electron chi connectivity index (χ1n) is 4.77. The fraction of sp³-hybridized carbons (Fsp3) is 0.0909. The summed E-state index contributed by atoms with van der Waals surface area (Å²) in [6, 6.07) is 6.89. The highest BCUT2D eigenvalue weighted by atomic mass is 32.1. The van der Waals surface area contributed by atoms with Crippen molar-refractivity contribution in [2.45, 2.75) is 0 Å². The van der Waals surface area contributed by atoms with Crippen molar-refractivity contribution in [1.29, 1.82) is 0 Å². The van der Waals surface area contributed by atoms with Crippen LogP contribution in [0.2, 0.25) is 0 Å². The molecule has 0 saturated heterocycles. The Morgan fingerprint density at radius 2 is 2.06 bits per heavy atom. The fourth-order valence-corrected chi connectivity index (χ4v) is 1.80. The first kappa shape index (κ1) is 11.4. The highest BCUT2D eigenvalue weighted by Crippen LogP contribution is 2.27. The first-order chi connectivity index (χ1) is 8.22. The maximum absolute atomic E-state index is 11.8. The third-order valence-electron chi connectivity index (χ3n) is 2.06. The van der Waals surface area contributed by atoms with E-state index in [0.29, 0.717) is 17.2 Å². The van der Waals surface area contributed by atoms with E-state index >= 15 is 0 Å². The molecule has 88 valence electrons. The van der Waals surface area contributed by atoms with Crippen LogP contribution in [0.15, 0.2) is 30.5 Å². The van der Waals surface area contributed by atoms with Crippen molar-refractivity contribution in [2.75, 3.05) is 12.8 Å². The Kier molecular flexibility index (Phi) is 3.24. The molecule has 0 atom stereocenters. The quantitative estimate of drug-likeness (QED) is 0.665. The van der Waals surface area contributed by atoms with Crippen LogP contribution in [-0.2, 0) is 0 Å². The molecule has 1 aromatic carbocycles. The number of ether oxygens (including phenoxy) is 2. The van der Waals surface area contributed by atoms with Gasteiger partial charge in [-0.2, -0.15) is 4.37 Å². The van der Waals surface area contributed by atoms with Gasteiger partial charge < -0.3 is 15.2 Å². The number of benzene rings is 1. The molecule has 6 heteroatoms. The van der Waals surface area contributed by atoms with E-state index in [1.54, 1.807) is 24.3 Å². The lowest BCUT2D eigenvalue weighted by atomic mass is 10.3. The normalized spacial score (nSPS) is 9.94. The van der Waals surface area contributed by atoms with Crippen molar-refractivity contribution in [3.63, 3.8) is 0 Å². The number of nitrogens with two attached hydrogens (primary N) is 1. The van der Waals surface area contributed by atoms with Crippen molar-refractivity contribution in [3.8, 4) is 11.5 Å². The predicted octanol–water partition coefficient (Wildman–Crippen LogP) is 1.95. The molecular weight excluding hydrogens is 240 g/mol. The van der Waals surface area contributed by atoms with Crippen LogP contribution in [0.25, 0.3) is 0 Å². The van der Waals surface area contributed by atoms with Gasteiger partial charge in [-0.3, -0.25) is 0 Å². The second kappa shape index (κ2) is 4.84. The predicted molar refractivity (Wildman–Crippen MR) is 64.5 cm³/mol. The summed E-state index contributed by atoms with van der Waals surface area (Å²) in [5, 5.41) is 0. The van der Waals surface area contributed by atoms with Crippen LogP contribution < -0.4 is 15.2 Å². The Labute approximate surface area is 102 Å². The van der Waals surface area contributed by atoms with E-state index < -0.39 is 5.97 Å². The number of carbonyl (C=O) groups excluding carboxylic acids is 1. The Bertz CT molecular complexity index is 539. The number of esters is 1. The molecule has 5 nitrogen and oxygen atoms in total. The van der Waals surface area contributed by atoms with Crippen LogP contribution in [0.4, 0.5) is 5.69 Å². The molecule has 0 fully saturated rings. The number of hydrogen-bond acceptors (Lipinski definition) is 6. The van der Waals surface area contributed by atoms with Gasteiger partial charge in [0.1, 0.15) is 0 Å². The summed E-state index contributed by atoms with van der Waals surface area (Å²) < 4.78 is 14.1. The number of rotatable bonds is 3. The van der Waals surface area contributed by atoms with Crippen LogP contribution in [0.5, 0.6) is 11.5 Å². The van der Waals surface area contributed by atoms with Crippen LogP contribution >= 0.6 is 11.5 Å². The summed E-state index contributed by atoms with van der Waals surface area (Å²) in [6.45, 7) is 0. The summed E-state index contributed by atoms with van der Waals surface area (Å²) >= 11 is 1.000. The highest BCUT2D eigenvalue weighted by molar-refractivity contribution is 7.08. The van der Waals surface area contributed by atoms with Gasteiger partial charge in [-0.1, -0.05) is 12.1 Å². The molecule has 0 aliphatic rings. The summed E-state index contributed by atoms with van der Waals surface area (Å²) in [6.07, 6.45) is 1.42. The minimum atomic E-state index is -0.533. The molecule has 17 heavy (non-hydrogen) atoms. The zero-order valence-corrected chi connectivity index (χ0v) is 9.86. The zero-order valence-electron chi connectivity index (χ0n) is 9.04. The van der Waals surface area contributed by atoms with Gasteiger partial charge in [-0.25, -0.2) is 4.79 Å². The smallest absolute Gasteiger partial charge is 0.357 e. The largest absolute Gasteiger partial charge is 0.493 e. The second-order valence-corrected chi connectivity index (χ2v) is 3.95. The Morgan fingerprint density at radius 3 is 2.65 bits per heavy atom. The second-order valence-electron chi connectivity index (χ2n) is 3.15. The maximum atomic E-state index is 11.8. The van der Waals surface area contributed by atoms with Gasteiger partial charge in [0, 0.05) is 0 Å². The van der Waals surface area contributed by atoms with Crippen LogP contribution in [0, 0.1) is 0 Å². The number of hydrogen-bond donors (Lipinski definition) is 1. The molecule has 0 spiro atoms. The van der Waals surface area contributed by atoms with Crippen LogP contribution in [-0.4, -0.2) is 17.5 Å². The molecule has 2 aromatic rings. The van der Waals surface area contributed by atoms with Gasteiger partial charge in [0.2, 0.25) is 0 Å². The number of anilines is 1. The van der Waals surface area contributed by atoms with Crippen molar-refractivity contribution < 1.29 is 14.3 Å². The maximum Gasteiger partial charge on any atom is 0.357 e. The number of nitrogens with zero attached hydrogens (tertiary/aromatic N) is 1. The number of methoxy groups -OCH3 is 1. The molecule has 0 unspecified atom stereocenters. The minimum absolute atomic E-state index is 0.288. The third-order valence-corrected chi connectivity index (χ3v) is 2.85. The molecule has 0 saturated carbocycles. The van der Waals surface area contributed by atoms with Gasteiger partial charge in [0.15, 0.2) is 16.4 Å². The number of carbonyl (C=O) groups is 1. The zero-order chi connectivity index (χ0) is 12.3. The molecule has 0 amide bonds. The molecule has 0 aliphatic carbocycles. The van der Waals surface area contributed by atoms with E-state index in [0.717, 1.165) is 11.5 Å². The first-order valence-corrected chi connectivity index (χ1v) is 5.55. The number of aromatic nitrogens is 1. The van der Waals surface area contributed by atoms with E-state index in [1.807, 2.05) is 0 Å². The summed E-state index contributed by atoms with van der Waals surface area (Å²) in [5.74, 6) is 0.311. The van der Waals surface area contributed by atoms with Crippen LogP contribution in [0.3, 0.4) is 0 Å². The van der Waals surface area contributed by atoms with E-state index in [-0.39, 0.29) is 4.88 Å². The molecule has 0 radical (unpaired) electrons. The topological polar surface area (TPSA) is 74.4 Å². The highest BCUT2D eigenvalue weighted by Gasteiger charge is 2.16. The summed E-state index contributed by atoms with van der Waals surface area (Å²) in [5.41, 5.74) is 5.90. The third kappa shape index (κ3) is 2.36. The van der Waals surface area contributed by atoms with E-state index in [2.05, 4.69) is 4.37 Å². The lowest BCUT2D eigenvalue weighted by Gasteiger charge is -2.07. The monoisotopic (exact) mass is 250 g/mol. The lowest BCUT2D eigenvalue weighted by Crippen LogP contribution is -2.09. The minimum Gasteiger partial charge on any atom is -0.493 e. The number of para-hydroxylation sites is 2. The molecule has 0 bridgehead atoms. The Hall–Kier alpha value is -2.08. The van der Waals surface area contributed by atoms with E-state index in [1.165, 1.54) is 13.3 Å². The molecule has 2 rings (SSSR count). The SMILES string of the molecule is COc1ccccc1OC(=O)c1sncc1N. The summed E-state index contributed by atoms with van der Waals surface area (Å²) in [4.78, 5) is 12.1. The molecule has 2 N–H and O–H groups in total. The van der Waals surface area contributed by atoms with Crippen molar-refractivity contribution in [1.82, 2.24) is 4.37 Å². The number of nitrogen functional groups attached to an aromatic ring is 1.